The van der Waals surface area contributed by atoms with Crippen LogP contribution in [0.4, 0.5) is 0 Å². The summed E-state index contributed by atoms with van der Waals surface area (Å²) in [6.07, 6.45) is 3.80. The molecule has 0 aromatic carbocycles. The summed E-state index contributed by atoms with van der Waals surface area (Å²) >= 11 is 0. The highest BCUT2D eigenvalue weighted by atomic mass is 32.2. The fraction of sp³-hybridized carbons (Fsp3) is 0.917. The molecule has 6 nitrogen and oxygen atoms in total. The van der Waals surface area contributed by atoms with Crippen molar-refractivity contribution in [3.63, 3.8) is 0 Å². The van der Waals surface area contributed by atoms with Crippen molar-refractivity contribution in [2.45, 2.75) is 37.4 Å². The quantitative estimate of drug-likeness (QED) is 0.720. The molecule has 0 aromatic rings. The summed E-state index contributed by atoms with van der Waals surface area (Å²) in [7, 11) is 0.338. The van der Waals surface area contributed by atoms with Gasteiger partial charge in [-0.15, -0.1) is 0 Å². The monoisotopic (exact) mass is 290 g/mol. The minimum Gasteiger partial charge on any atom is -0.362 e. The molecular formula is C12H22N2O4S. The van der Waals surface area contributed by atoms with Gasteiger partial charge in [-0.3, -0.25) is 4.79 Å². The molecule has 2 aliphatic heterocycles. The molecule has 0 N–H and O–H groups in total. The number of likely N-dealkylation sites (N-methyl/N-ethyl adjacent to an activating group) is 1. The van der Waals surface area contributed by atoms with Gasteiger partial charge in [0.05, 0.1) is 11.9 Å². The highest BCUT2D eigenvalue weighted by Crippen LogP contribution is 2.39. The number of carbonyl (C=O) groups is 1. The molecule has 1 atom stereocenters. The minimum absolute atomic E-state index is 0.00224. The maximum atomic E-state index is 11.9. The topological polar surface area (TPSA) is 66.9 Å². The van der Waals surface area contributed by atoms with E-state index in [2.05, 4.69) is 0 Å². The second-order valence-electron chi connectivity index (χ2n) is 5.72. The molecule has 0 bridgehead atoms. The molecule has 1 spiro atoms. The van der Waals surface area contributed by atoms with Crippen LogP contribution in [0.3, 0.4) is 0 Å². The molecule has 1 amide bonds. The van der Waals surface area contributed by atoms with E-state index in [1.807, 2.05) is 0 Å². The Bertz CT molecular complexity index is 452. The Kier molecular flexibility index (Phi) is 3.90. The number of sulfonamides is 1. The van der Waals surface area contributed by atoms with Crippen LogP contribution < -0.4 is 0 Å². The minimum atomic E-state index is -3.11. The number of amides is 1. The first-order chi connectivity index (χ1) is 8.73. The molecule has 0 aromatic heterocycles. The van der Waals surface area contributed by atoms with Crippen molar-refractivity contribution in [1.29, 1.82) is 0 Å². The van der Waals surface area contributed by atoms with Gasteiger partial charge in [0.1, 0.15) is 6.10 Å². The van der Waals surface area contributed by atoms with Gasteiger partial charge in [0, 0.05) is 27.2 Å². The van der Waals surface area contributed by atoms with Gasteiger partial charge in [0.2, 0.25) is 10.0 Å². The lowest BCUT2D eigenvalue weighted by molar-refractivity contribution is -0.147. The zero-order valence-electron chi connectivity index (χ0n) is 11.8. The van der Waals surface area contributed by atoms with Crippen LogP contribution in [0.2, 0.25) is 0 Å². The summed E-state index contributed by atoms with van der Waals surface area (Å²) in [5, 5.41) is 0. The van der Waals surface area contributed by atoms with Gasteiger partial charge < -0.3 is 9.64 Å². The van der Waals surface area contributed by atoms with Crippen molar-refractivity contribution in [2.75, 3.05) is 33.4 Å². The third kappa shape index (κ3) is 3.09. The Morgan fingerprint density at radius 1 is 1.26 bits per heavy atom. The van der Waals surface area contributed by atoms with E-state index in [9.17, 15) is 13.2 Å². The van der Waals surface area contributed by atoms with E-state index in [1.165, 1.54) is 10.6 Å². The van der Waals surface area contributed by atoms with Crippen molar-refractivity contribution >= 4 is 15.9 Å². The van der Waals surface area contributed by atoms with Gasteiger partial charge in [-0.25, -0.2) is 12.7 Å². The fourth-order valence-corrected chi connectivity index (χ4v) is 3.71. The van der Waals surface area contributed by atoms with Crippen molar-refractivity contribution < 1.29 is 17.9 Å². The van der Waals surface area contributed by atoms with E-state index < -0.39 is 10.0 Å². The summed E-state index contributed by atoms with van der Waals surface area (Å²) in [5.74, 6) is 0.00224. The van der Waals surface area contributed by atoms with Crippen LogP contribution in [0, 0.1) is 0 Å². The number of rotatable bonds is 2. The molecule has 7 heteroatoms. The molecule has 2 saturated heterocycles. The largest absolute Gasteiger partial charge is 0.362 e. The van der Waals surface area contributed by atoms with Gasteiger partial charge in [0.15, 0.2) is 0 Å². The highest BCUT2D eigenvalue weighted by Gasteiger charge is 2.45. The van der Waals surface area contributed by atoms with Gasteiger partial charge >= 0.3 is 0 Å². The number of piperidine rings is 1. The summed E-state index contributed by atoms with van der Waals surface area (Å²) in [6.45, 7) is 0.976. The van der Waals surface area contributed by atoms with E-state index in [0.29, 0.717) is 25.9 Å². The number of ether oxygens (including phenoxy) is 1. The first kappa shape index (κ1) is 14.7. The normalized spacial score (nSPS) is 27.6. The lowest BCUT2D eigenvalue weighted by Gasteiger charge is -2.38. The number of hydrogen-bond acceptors (Lipinski definition) is 4. The molecule has 2 aliphatic rings. The van der Waals surface area contributed by atoms with Crippen LogP contribution in [0.1, 0.15) is 25.7 Å². The third-order valence-electron chi connectivity index (χ3n) is 4.07. The van der Waals surface area contributed by atoms with E-state index >= 15 is 0 Å². The van der Waals surface area contributed by atoms with Crippen molar-refractivity contribution in [1.82, 2.24) is 9.21 Å². The highest BCUT2D eigenvalue weighted by molar-refractivity contribution is 7.88. The van der Waals surface area contributed by atoms with Gasteiger partial charge in [0.25, 0.3) is 5.91 Å². The maximum Gasteiger partial charge on any atom is 0.251 e. The van der Waals surface area contributed by atoms with E-state index in [4.69, 9.17) is 4.74 Å². The van der Waals surface area contributed by atoms with Crippen LogP contribution in [-0.2, 0) is 19.6 Å². The third-order valence-corrected chi connectivity index (χ3v) is 5.38. The SMILES string of the molecule is CN(C)C(=O)C1CCC2(CCN(S(C)(=O)=O)CC2)O1. The smallest absolute Gasteiger partial charge is 0.251 e. The molecule has 0 aliphatic carbocycles. The fourth-order valence-electron chi connectivity index (χ4n) is 2.87. The van der Waals surface area contributed by atoms with Crippen LogP contribution in [0.25, 0.3) is 0 Å². The van der Waals surface area contributed by atoms with Gasteiger partial charge in [-0.1, -0.05) is 0 Å². The van der Waals surface area contributed by atoms with Crippen LogP contribution >= 0.6 is 0 Å². The standard InChI is InChI=1S/C12H22N2O4S/c1-13(2)11(15)10-4-5-12(18-10)6-8-14(9-7-12)19(3,16)17/h10H,4-9H2,1-3H3. The Labute approximate surface area is 114 Å². The molecule has 2 heterocycles. The Morgan fingerprint density at radius 2 is 1.84 bits per heavy atom. The maximum absolute atomic E-state index is 11.9. The zero-order chi connectivity index (χ0) is 14.3. The average molecular weight is 290 g/mol. The second-order valence-corrected chi connectivity index (χ2v) is 7.71. The number of nitrogens with zero attached hydrogens (tertiary/aromatic N) is 2. The Balaban J connectivity index is 1.96. The summed E-state index contributed by atoms with van der Waals surface area (Å²) in [4.78, 5) is 13.4. The number of hydrogen-bond donors (Lipinski definition) is 0. The van der Waals surface area contributed by atoms with Gasteiger partial charge in [-0.05, 0) is 25.7 Å². The summed E-state index contributed by atoms with van der Waals surface area (Å²) in [5.41, 5.74) is -0.294. The van der Waals surface area contributed by atoms with E-state index in [0.717, 1.165) is 12.8 Å². The molecule has 110 valence electrons. The van der Waals surface area contributed by atoms with Crippen LogP contribution in [0.15, 0.2) is 0 Å². The second kappa shape index (κ2) is 5.03. The summed E-state index contributed by atoms with van der Waals surface area (Å²) in [6, 6.07) is 0. The van der Waals surface area contributed by atoms with E-state index in [1.54, 1.807) is 19.0 Å². The molecule has 0 saturated carbocycles. The molecule has 2 fully saturated rings. The average Bonchev–Trinajstić information content (AvgIpc) is 2.71. The number of carbonyl (C=O) groups excluding carboxylic acids is 1. The zero-order valence-corrected chi connectivity index (χ0v) is 12.6. The van der Waals surface area contributed by atoms with Crippen molar-refractivity contribution in [3.05, 3.63) is 0 Å². The molecule has 2 rings (SSSR count). The lowest BCUT2D eigenvalue weighted by atomic mass is 9.89. The van der Waals surface area contributed by atoms with E-state index in [-0.39, 0.29) is 17.6 Å². The lowest BCUT2D eigenvalue weighted by Crippen LogP contribution is -2.47. The van der Waals surface area contributed by atoms with Crippen molar-refractivity contribution in [3.8, 4) is 0 Å². The molecule has 0 radical (unpaired) electrons. The van der Waals surface area contributed by atoms with Gasteiger partial charge in [-0.2, -0.15) is 0 Å². The molecule has 1 unspecified atom stereocenters. The summed E-state index contributed by atoms with van der Waals surface area (Å²) < 4.78 is 30.4. The predicted molar refractivity (Wildman–Crippen MR) is 71.2 cm³/mol. The molecular weight excluding hydrogens is 268 g/mol. The van der Waals surface area contributed by atoms with Crippen LogP contribution in [0.5, 0.6) is 0 Å². The van der Waals surface area contributed by atoms with Crippen molar-refractivity contribution in [2.24, 2.45) is 0 Å². The predicted octanol–water partition coefficient (Wildman–Crippen LogP) is 0.0478. The first-order valence-corrected chi connectivity index (χ1v) is 8.42. The van der Waals surface area contributed by atoms with Crippen LogP contribution in [-0.4, -0.2) is 68.7 Å². The molecule has 19 heavy (non-hydrogen) atoms. The Morgan fingerprint density at radius 3 is 2.32 bits per heavy atom. The Hall–Kier alpha value is -0.660. The first-order valence-electron chi connectivity index (χ1n) is 6.58.